The topological polar surface area (TPSA) is 49.3 Å². The van der Waals surface area contributed by atoms with Gasteiger partial charge in [0.2, 0.25) is 5.91 Å². The fourth-order valence-electron chi connectivity index (χ4n) is 1.27. The zero-order valence-electron chi connectivity index (χ0n) is 9.69. The Balaban J connectivity index is 2.53. The Labute approximate surface area is 100.0 Å². The number of aliphatic hydroxyl groups is 1. The summed E-state index contributed by atoms with van der Waals surface area (Å²) in [5.74, 6) is -0.576. The van der Waals surface area contributed by atoms with Gasteiger partial charge in [0.25, 0.3) is 0 Å². The molecular weight excluding hydrogens is 221 g/mol. The summed E-state index contributed by atoms with van der Waals surface area (Å²) in [6, 6.07) is 5.62. The second kappa shape index (κ2) is 6.81. The molecule has 0 aliphatic carbocycles. The lowest BCUT2D eigenvalue weighted by molar-refractivity contribution is -0.117. The van der Waals surface area contributed by atoms with E-state index in [0.29, 0.717) is 6.42 Å². The molecule has 3 nitrogen and oxygen atoms in total. The van der Waals surface area contributed by atoms with E-state index in [4.69, 9.17) is 5.11 Å². The predicted octanol–water partition coefficient (Wildman–Crippen LogP) is 1.73. The molecule has 2 N–H and O–H groups in total. The van der Waals surface area contributed by atoms with Gasteiger partial charge in [-0.25, -0.2) is 4.39 Å². The Kier molecular flexibility index (Phi) is 5.36. The molecule has 1 aromatic rings. The molecule has 17 heavy (non-hydrogen) atoms. The molecule has 0 radical (unpaired) electrons. The Bertz CT molecular complexity index is 383. The van der Waals surface area contributed by atoms with Gasteiger partial charge < -0.3 is 10.4 Å². The van der Waals surface area contributed by atoms with Crippen molar-refractivity contribution in [2.24, 2.45) is 0 Å². The van der Waals surface area contributed by atoms with Crippen LogP contribution in [0.3, 0.4) is 0 Å². The summed E-state index contributed by atoms with van der Waals surface area (Å²) in [7, 11) is 0. The van der Waals surface area contributed by atoms with Crippen LogP contribution in [0, 0.1) is 5.82 Å². The number of carbonyl (C=O) groups excluding carboxylic acids is 1. The molecule has 92 valence electrons. The van der Waals surface area contributed by atoms with Crippen molar-refractivity contribution in [3.63, 3.8) is 0 Å². The van der Waals surface area contributed by atoms with Crippen LogP contribution < -0.4 is 5.32 Å². The average molecular weight is 237 g/mol. The maximum Gasteiger partial charge on any atom is 0.244 e. The number of rotatable bonds is 5. The molecule has 0 fully saturated rings. The molecular formula is C13H16FNO2. The lowest BCUT2D eigenvalue weighted by atomic mass is 10.2. The molecule has 0 saturated heterocycles. The SMILES string of the molecule is CC[C@H](CO)NC(=O)/C=C/c1ccc(F)cc1. The van der Waals surface area contributed by atoms with Crippen LogP contribution in [0.5, 0.6) is 0 Å². The number of benzene rings is 1. The van der Waals surface area contributed by atoms with Gasteiger partial charge in [-0.1, -0.05) is 19.1 Å². The number of hydrogen-bond acceptors (Lipinski definition) is 2. The van der Waals surface area contributed by atoms with Crippen LogP contribution >= 0.6 is 0 Å². The molecule has 0 spiro atoms. The minimum absolute atomic E-state index is 0.0768. The lowest BCUT2D eigenvalue weighted by Crippen LogP contribution is -2.35. The van der Waals surface area contributed by atoms with Gasteiger partial charge in [0.05, 0.1) is 12.6 Å². The number of nitrogens with one attached hydrogen (secondary N) is 1. The summed E-state index contributed by atoms with van der Waals surface area (Å²) < 4.78 is 12.6. The highest BCUT2D eigenvalue weighted by molar-refractivity contribution is 5.91. The van der Waals surface area contributed by atoms with Crippen molar-refractivity contribution in [1.29, 1.82) is 0 Å². The fourth-order valence-corrected chi connectivity index (χ4v) is 1.27. The molecule has 0 heterocycles. The molecule has 0 aliphatic rings. The molecule has 0 unspecified atom stereocenters. The van der Waals surface area contributed by atoms with Crippen LogP contribution in [-0.2, 0) is 4.79 Å². The molecule has 1 amide bonds. The third-order valence-electron chi connectivity index (χ3n) is 2.36. The van der Waals surface area contributed by atoms with Gasteiger partial charge in [-0.05, 0) is 30.2 Å². The highest BCUT2D eigenvalue weighted by atomic mass is 19.1. The van der Waals surface area contributed by atoms with E-state index < -0.39 is 0 Å². The summed E-state index contributed by atoms with van der Waals surface area (Å²) in [4.78, 5) is 11.4. The Morgan fingerprint density at radius 1 is 1.47 bits per heavy atom. The van der Waals surface area contributed by atoms with Crippen LogP contribution in [0.4, 0.5) is 4.39 Å². The molecule has 0 saturated carbocycles. The summed E-state index contributed by atoms with van der Waals surface area (Å²) in [5, 5.41) is 11.6. The third kappa shape index (κ3) is 4.78. The summed E-state index contributed by atoms with van der Waals surface area (Å²) in [6.45, 7) is 1.80. The van der Waals surface area contributed by atoms with Crippen LogP contribution in [0.25, 0.3) is 6.08 Å². The van der Waals surface area contributed by atoms with E-state index in [1.165, 1.54) is 18.2 Å². The van der Waals surface area contributed by atoms with Gasteiger partial charge in [-0.2, -0.15) is 0 Å². The van der Waals surface area contributed by atoms with E-state index >= 15 is 0 Å². The van der Waals surface area contributed by atoms with Crippen molar-refractivity contribution < 1.29 is 14.3 Å². The van der Waals surface area contributed by atoms with E-state index in [-0.39, 0.29) is 24.4 Å². The van der Waals surface area contributed by atoms with Crippen molar-refractivity contribution >= 4 is 12.0 Å². The van der Waals surface area contributed by atoms with Crippen LogP contribution in [0.15, 0.2) is 30.3 Å². The number of hydrogen-bond donors (Lipinski definition) is 2. The van der Waals surface area contributed by atoms with Crippen LogP contribution in [0.1, 0.15) is 18.9 Å². The zero-order chi connectivity index (χ0) is 12.7. The Morgan fingerprint density at radius 2 is 2.12 bits per heavy atom. The molecule has 1 atom stereocenters. The standard InChI is InChI=1S/C13H16FNO2/c1-2-12(9-16)15-13(17)8-5-10-3-6-11(14)7-4-10/h3-8,12,16H,2,9H2,1H3,(H,15,17)/b8-5+/t12-/m1/s1. The van der Waals surface area contributed by atoms with Crippen LogP contribution in [0.2, 0.25) is 0 Å². The second-order valence-corrected chi connectivity index (χ2v) is 3.68. The summed E-state index contributed by atoms with van der Waals surface area (Å²) in [6.07, 6.45) is 3.64. The van der Waals surface area contributed by atoms with E-state index in [0.717, 1.165) is 5.56 Å². The molecule has 0 aliphatic heterocycles. The summed E-state index contributed by atoms with van der Waals surface area (Å²) >= 11 is 0. The van der Waals surface area contributed by atoms with Crippen LogP contribution in [-0.4, -0.2) is 23.7 Å². The Morgan fingerprint density at radius 3 is 2.65 bits per heavy atom. The summed E-state index contributed by atoms with van der Waals surface area (Å²) in [5.41, 5.74) is 0.749. The first-order valence-electron chi connectivity index (χ1n) is 5.50. The van der Waals surface area contributed by atoms with Gasteiger partial charge in [-0.15, -0.1) is 0 Å². The van der Waals surface area contributed by atoms with Crippen molar-refractivity contribution in [2.75, 3.05) is 6.61 Å². The largest absolute Gasteiger partial charge is 0.394 e. The fraction of sp³-hybridized carbons (Fsp3) is 0.308. The maximum absolute atomic E-state index is 12.6. The first-order valence-corrected chi connectivity index (χ1v) is 5.50. The Hall–Kier alpha value is -1.68. The molecule has 1 aromatic carbocycles. The van der Waals surface area contributed by atoms with Crippen molar-refractivity contribution in [3.8, 4) is 0 Å². The first-order chi connectivity index (χ1) is 8.15. The molecule has 4 heteroatoms. The van der Waals surface area contributed by atoms with Crippen molar-refractivity contribution in [3.05, 3.63) is 41.7 Å². The minimum Gasteiger partial charge on any atom is -0.394 e. The molecule has 0 bridgehead atoms. The third-order valence-corrected chi connectivity index (χ3v) is 2.36. The van der Waals surface area contributed by atoms with Gasteiger partial charge in [0, 0.05) is 6.08 Å². The van der Waals surface area contributed by atoms with Crippen molar-refractivity contribution in [1.82, 2.24) is 5.32 Å². The number of amides is 1. The molecule has 0 aromatic heterocycles. The number of halogens is 1. The van der Waals surface area contributed by atoms with E-state index in [2.05, 4.69) is 5.32 Å². The highest BCUT2D eigenvalue weighted by Gasteiger charge is 2.05. The zero-order valence-corrected chi connectivity index (χ0v) is 9.69. The quantitative estimate of drug-likeness (QED) is 0.766. The number of carbonyl (C=O) groups is 1. The highest BCUT2D eigenvalue weighted by Crippen LogP contribution is 2.04. The second-order valence-electron chi connectivity index (χ2n) is 3.68. The lowest BCUT2D eigenvalue weighted by Gasteiger charge is -2.11. The number of aliphatic hydroxyl groups excluding tert-OH is 1. The van der Waals surface area contributed by atoms with Gasteiger partial charge >= 0.3 is 0 Å². The minimum atomic E-state index is -0.307. The smallest absolute Gasteiger partial charge is 0.244 e. The first kappa shape index (κ1) is 13.4. The molecule has 1 rings (SSSR count). The van der Waals surface area contributed by atoms with Gasteiger partial charge in [0.15, 0.2) is 0 Å². The monoisotopic (exact) mass is 237 g/mol. The predicted molar refractivity (Wildman–Crippen MR) is 64.7 cm³/mol. The van der Waals surface area contributed by atoms with Crippen molar-refractivity contribution in [2.45, 2.75) is 19.4 Å². The van der Waals surface area contributed by atoms with Gasteiger partial charge in [0.1, 0.15) is 5.82 Å². The average Bonchev–Trinajstić information content (AvgIpc) is 2.35. The normalized spacial score (nSPS) is 12.6. The van der Waals surface area contributed by atoms with E-state index in [1.807, 2.05) is 6.92 Å². The van der Waals surface area contributed by atoms with E-state index in [1.54, 1.807) is 18.2 Å². The maximum atomic E-state index is 12.6. The van der Waals surface area contributed by atoms with Gasteiger partial charge in [-0.3, -0.25) is 4.79 Å². The van der Waals surface area contributed by atoms with E-state index in [9.17, 15) is 9.18 Å².